The molecular weight excluding hydrogens is 293 g/mol. The summed E-state index contributed by atoms with van der Waals surface area (Å²) in [6.07, 6.45) is 4.35. The third-order valence-electron chi connectivity index (χ3n) is 2.27. The van der Waals surface area contributed by atoms with Crippen LogP contribution in [0.15, 0.2) is 28.6 Å². The van der Waals surface area contributed by atoms with Crippen molar-refractivity contribution in [1.82, 2.24) is 0 Å². The molecule has 20 heavy (non-hydrogen) atoms. The largest absolute Gasteiger partial charge is 0.673 e. The van der Waals surface area contributed by atoms with Gasteiger partial charge in [0.15, 0.2) is 0 Å². The Hall–Kier alpha value is -1.31. The topological polar surface area (TPSA) is 21.6 Å². The molecule has 0 aromatic carbocycles. The van der Waals surface area contributed by atoms with Crippen molar-refractivity contribution in [3.63, 3.8) is 0 Å². The van der Waals surface area contributed by atoms with Crippen molar-refractivity contribution >= 4 is 30.1 Å². The molecule has 0 saturated heterocycles. The highest BCUT2D eigenvalue weighted by Gasteiger charge is 2.20. The number of nitrogens with zero attached hydrogens (tertiary/aromatic N) is 1. The van der Waals surface area contributed by atoms with E-state index in [9.17, 15) is 17.3 Å². The van der Waals surface area contributed by atoms with Crippen molar-refractivity contribution in [3.8, 4) is 0 Å². The van der Waals surface area contributed by atoms with Gasteiger partial charge in [0.1, 0.15) is 5.76 Å². The fraction of sp³-hybridized carbons (Fsp3) is 0.417. The lowest BCUT2D eigenvalue weighted by Gasteiger charge is -2.06. The SMILES string of the molecule is CCOC(=CC1=NCCC1)c1cccs1.F[B-](F)(F)F. The quantitative estimate of drug-likeness (QED) is 0.450. The number of aliphatic imine (C=N–C) groups is 1. The van der Waals surface area contributed by atoms with Crippen LogP contribution in [-0.2, 0) is 4.74 Å². The fourth-order valence-electron chi connectivity index (χ4n) is 1.59. The van der Waals surface area contributed by atoms with Crippen LogP contribution < -0.4 is 0 Å². The molecule has 0 spiro atoms. The number of thiophene rings is 1. The minimum atomic E-state index is -6.00. The number of allylic oxidation sites excluding steroid dienone is 1. The molecule has 0 unspecified atom stereocenters. The van der Waals surface area contributed by atoms with Crippen molar-refractivity contribution in [3.05, 3.63) is 28.5 Å². The molecule has 2 nitrogen and oxygen atoms in total. The second-order valence-corrected chi connectivity index (χ2v) is 4.84. The van der Waals surface area contributed by atoms with Gasteiger partial charge in [0.25, 0.3) is 0 Å². The van der Waals surface area contributed by atoms with Crippen molar-refractivity contribution in [2.24, 2.45) is 4.99 Å². The average molecular weight is 308 g/mol. The molecule has 0 bridgehead atoms. The summed E-state index contributed by atoms with van der Waals surface area (Å²) in [5.74, 6) is 0.966. The molecule has 0 aliphatic carbocycles. The molecular formula is C12H15BF4NOS-. The monoisotopic (exact) mass is 308 g/mol. The summed E-state index contributed by atoms with van der Waals surface area (Å²) < 4.78 is 44.6. The maximum absolute atomic E-state index is 9.75. The van der Waals surface area contributed by atoms with Crippen LogP contribution >= 0.6 is 11.3 Å². The number of halogens is 4. The molecule has 8 heteroatoms. The second-order valence-electron chi connectivity index (χ2n) is 3.89. The Balaban J connectivity index is 0.000000347. The van der Waals surface area contributed by atoms with E-state index in [4.69, 9.17) is 4.74 Å². The summed E-state index contributed by atoms with van der Waals surface area (Å²) in [4.78, 5) is 5.62. The van der Waals surface area contributed by atoms with Gasteiger partial charge in [-0.25, -0.2) is 0 Å². The Morgan fingerprint density at radius 1 is 1.45 bits per heavy atom. The summed E-state index contributed by atoms with van der Waals surface area (Å²) in [7, 11) is -6.00. The van der Waals surface area contributed by atoms with Crippen molar-refractivity contribution in [2.75, 3.05) is 13.2 Å². The maximum Gasteiger partial charge on any atom is 0.673 e. The molecule has 0 radical (unpaired) electrons. The van der Waals surface area contributed by atoms with E-state index in [-0.39, 0.29) is 0 Å². The van der Waals surface area contributed by atoms with Gasteiger partial charge in [-0.05, 0) is 31.2 Å². The summed E-state index contributed by atoms with van der Waals surface area (Å²) in [5.41, 5.74) is 1.17. The Kier molecular flexibility index (Phi) is 6.77. The molecule has 0 saturated carbocycles. The Morgan fingerprint density at radius 2 is 2.15 bits per heavy atom. The first-order valence-corrected chi connectivity index (χ1v) is 7.07. The lowest BCUT2D eigenvalue weighted by atomic mass is 10.2. The van der Waals surface area contributed by atoms with Gasteiger partial charge in [-0.15, -0.1) is 11.3 Å². The van der Waals surface area contributed by atoms with Gasteiger partial charge in [0, 0.05) is 18.3 Å². The maximum atomic E-state index is 9.75. The number of ether oxygens (including phenoxy) is 1. The highest BCUT2D eigenvalue weighted by atomic mass is 32.1. The first-order valence-electron chi connectivity index (χ1n) is 6.19. The predicted octanol–water partition coefficient (Wildman–Crippen LogP) is 4.66. The van der Waals surface area contributed by atoms with Gasteiger partial charge in [-0.2, -0.15) is 0 Å². The minimum Gasteiger partial charge on any atom is -0.492 e. The van der Waals surface area contributed by atoms with Gasteiger partial charge in [-0.3, -0.25) is 4.99 Å². The molecule has 0 fully saturated rings. The average Bonchev–Trinajstić information content (AvgIpc) is 2.99. The number of hydrogen-bond acceptors (Lipinski definition) is 3. The Labute approximate surface area is 119 Å². The molecule has 0 atom stereocenters. The summed E-state index contributed by atoms with van der Waals surface area (Å²) in [6.45, 7) is 3.69. The van der Waals surface area contributed by atoms with Crippen LogP contribution in [-0.4, -0.2) is 26.1 Å². The molecule has 1 aromatic heterocycles. The lowest BCUT2D eigenvalue weighted by Crippen LogP contribution is -2.02. The molecule has 0 N–H and O–H groups in total. The smallest absolute Gasteiger partial charge is 0.492 e. The van der Waals surface area contributed by atoms with Crippen molar-refractivity contribution in [2.45, 2.75) is 19.8 Å². The zero-order valence-corrected chi connectivity index (χ0v) is 11.8. The summed E-state index contributed by atoms with van der Waals surface area (Å²) >= 11 is 1.71. The highest BCUT2D eigenvalue weighted by Crippen LogP contribution is 2.22. The first-order chi connectivity index (χ1) is 9.40. The Bertz CT molecular complexity index is 451. The van der Waals surface area contributed by atoms with Crippen molar-refractivity contribution in [1.29, 1.82) is 0 Å². The minimum absolute atomic E-state index is 0.705. The standard InChI is InChI=1S/C12H15NOS.BF4/c1-2-14-11(12-6-4-8-15-12)9-10-5-3-7-13-10;2-1(3,4)5/h4,6,8-9H,2-3,5,7H2,1H3;/q;-1. The van der Waals surface area contributed by atoms with E-state index in [1.54, 1.807) is 11.3 Å². The van der Waals surface area contributed by atoms with Gasteiger partial charge in [-0.1, -0.05) is 6.07 Å². The molecule has 1 aromatic rings. The zero-order valence-electron chi connectivity index (χ0n) is 11.0. The molecule has 1 aliphatic rings. The van der Waals surface area contributed by atoms with E-state index in [0.717, 1.165) is 18.7 Å². The van der Waals surface area contributed by atoms with E-state index in [1.807, 2.05) is 13.0 Å². The van der Waals surface area contributed by atoms with Gasteiger partial charge in [0.2, 0.25) is 0 Å². The molecule has 0 amide bonds. The van der Waals surface area contributed by atoms with E-state index >= 15 is 0 Å². The van der Waals surface area contributed by atoms with E-state index in [0.29, 0.717) is 6.61 Å². The third kappa shape index (κ3) is 7.32. The van der Waals surface area contributed by atoms with E-state index in [1.165, 1.54) is 17.0 Å². The van der Waals surface area contributed by atoms with Crippen molar-refractivity contribution < 1.29 is 22.0 Å². The fourth-order valence-corrected chi connectivity index (χ4v) is 2.28. The van der Waals surface area contributed by atoms with Gasteiger partial charge < -0.3 is 22.0 Å². The van der Waals surface area contributed by atoms with Crippen LogP contribution in [0.2, 0.25) is 0 Å². The summed E-state index contributed by atoms with van der Waals surface area (Å²) in [5, 5.41) is 2.07. The predicted molar refractivity (Wildman–Crippen MR) is 75.6 cm³/mol. The van der Waals surface area contributed by atoms with Crippen LogP contribution in [0.4, 0.5) is 17.3 Å². The molecule has 2 heterocycles. The van der Waals surface area contributed by atoms with Crippen LogP contribution in [0.3, 0.4) is 0 Å². The van der Waals surface area contributed by atoms with Crippen LogP contribution in [0.1, 0.15) is 24.6 Å². The van der Waals surface area contributed by atoms with Crippen LogP contribution in [0.5, 0.6) is 0 Å². The normalized spacial score (nSPS) is 15.4. The summed E-state index contributed by atoms with van der Waals surface area (Å²) in [6, 6.07) is 4.13. The first kappa shape index (κ1) is 16.7. The molecule has 1 aliphatic heterocycles. The van der Waals surface area contributed by atoms with E-state index in [2.05, 4.69) is 22.5 Å². The number of rotatable bonds is 4. The van der Waals surface area contributed by atoms with Crippen LogP contribution in [0.25, 0.3) is 5.76 Å². The molecule has 112 valence electrons. The molecule has 2 rings (SSSR count). The highest BCUT2D eigenvalue weighted by molar-refractivity contribution is 7.11. The number of hydrogen-bond donors (Lipinski definition) is 0. The zero-order chi connectivity index (χ0) is 15.0. The third-order valence-corrected chi connectivity index (χ3v) is 3.15. The van der Waals surface area contributed by atoms with Gasteiger partial charge in [0.05, 0.1) is 11.5 Å². The van der Waals surface area contributed by atoms with Crippen LogP contribution in [0, 0.1) is 0 Å². The van der Waals surface area contributed by atoms with E-state index < -0.39 is 7.25 Å². The Morgan fingerprint density at radius 3 is 2.60 bits per heavy atom. The second kappa shape index (κ2) is 8.09. The van der Waals surface area contributed by atoms with Gasteiger partial charge >= 0.3 is 7.25 Å². The lowest BCUT2D eigenvalue weighted by molar-refractivity contribution is 0.299.